The summed E-state index contributed by atoms with van der Waals surface area (Å²) in [5.74, 6) is -0.239. The lowest BCUT2D eigenvalue weighted by Crippen LogP contribution is -2.23. The third-order valence-corrected chi connectivity index (χ3v) is 6.05. The van der Waals surface area contributed by atoms with E-state index in [1.165, 1.54) is 23.9 Å². The van der Waals surface area contributed by atoms with Crippen LogP contribution in [0.25, 0.3) is 0 Å². The van der Waals surface area contributed by atoms with E-state index in [9.17, 15) is 9.18 Å². The van der Waals surface area contributed by atoms with Crippen LogP contribution < -0.4 is 5.32 Å². The Labute approximate surface area is 153 Å². The summed E-state index contributed by atoms with van der Waals surface area (Å²) >= 11 is 13.6. The van der Waals surface area contributed by atoms with Gasteiger partial charge in [0.25, 0.3) is 0 Å². The van der Waals surface area contributed by atoms with Crippen LogP contribution >= 0.6 is 35.0 Å². The summed E-state index contributed by atoms with van der Waals surface area (Å²) in [6.45, 7) is 0. The fourth-order valence-electron chi connectivity index (χ4n) is 3.13. The Kier molecular flexibility index (Phi) is 4.07. The molecule has 2 aromatic rings. The van der Waals surface area contributed by atoms with E-state index in [0.717, 1.165) is 21.8 Å². The molecule has 0 saturated heterocycles. The van der Waals surface area contributed by atoms with E-state index in [2.05, 4.69) is 5.32 Å². The van der Waals surface area contributed by atoms with Gasteiger partial charge in [-0.2, -0.15) is 0 Å². The molecule has 1 aliphatic heterocycles. The number of anilines is 1. The molecular weight excluding hydrogens is 368 g/mol. The van der Waals surface area contributed by atoms with E-state index in [0.29, 0.717) is 27.8 Å². The molecular formula is C18H12Cl2FNOS. The summed E-state index contributed by atoms with van der Waals surface area (Å²) < 4.78 is 13.4. The quantitative estimate of drug-likeness (QED) is 0.657. The van der Waals surface area contributed by atoms with Crippen molar-refractivity contribution in [1.82, 2.24) is 0 Å². The smallest absolute Gasteiger partial charge is 0.171 e. The Morgan fingerprint density at radius 1 is 1.12 bits per heavy atom. The Hall–Kier alpha value is -1.49. The molecule has 0 aromatic heterocycles. The molecule has 1 atom stereocenters. The molecule has 0 bridgehead atoms. The van der Waals surface area contributed by atoms with E-state index in [1.54, 1.807) is 18.2 Å². The fourth-order valence-corrected chi connectivity index (χ4v) is 4.77. The second-order valence-corrected chi connectivity index (χ2v) is 7.77. The zero-order valence-electron chi connectivity index (χ0n) is 12.4. The number of thioether (sulfide) groups is 1. The molecule has 24 heavy (non-hydrogen) atoms. The maximum Gasteiger partial charge on any atom is 0.171 e. The van der Waals surface area contributed by atoms with Gasteiger partial charge in [0.1, 0.15) is 5.82 Å². The minimum absolute atomic E-state index is 0.0103. The van der Waals surface area contributed by atoms with Crippen molar-refractivity contribution < 1.29 is 9.18 Å². The summed E-state index contributed by atoms with van der Waals surface area (Å²) in [4.78, 5) is 14.0. The summed E-state index contributed by atoms with van der Waals surface area (Å²) in [6, 6.07) is 9.94. The van der Waals surface area contributed by atoms with Crippen molar-refractivity contribution in [2.24, 2.45) is 0 Å². The summed E-state index contributed by atoms with van der Waals surface area (Å²) in [6.07, 6.45) is 1.08. The second kappa shape index (κ2) is 6.10. The minimum Gasteiger partial charge on any atom is -0.357 e. The standard InChI is InChI=1S/C18H12Cl2FNOS/c19-10-1-3-12(13(20)7-10)9-5-15-18(16(23)6-9)24-17-8-11(21)2-4-14(17)22-15/h1-4,7-9,22H,5-6H2. The van der Waals surface area contributed by atoms with Crippen molar-refractivity contribution in [3.8, 4) is 0 Å². The van der Waals surface area contributed by atoms with Gasteiger partial charge in [0.2, 0.25) is 0 Å². The fraction of sp³-hybridized carbons (Fsp3) is 0.167. The van der Waals surface area contributed by atoms with Gasteiger partial charge in [0.05, 0.1) is 10.6 Å². The average molecular weight is 380 g/mol. The van der Waals surface area contributed by atoms with Crippen LogP contribution in [0.2, 0.25) is 10.0 Å². The van der Waals surface area contributed by atoms with E-state index >= 15 is 0 Å². The molecule has 122 valence electrons. The molecule has 0 radical (unpaired) electrons. The topological polar surface area (TPSA) is 29.1 Å². The Morgan fingerprint density at radius 2 is 1.96 bits per heavy atom. The van der Waals surface area contributed by atoms with Crippen molar-refractivity contribution in [3.63, 3.8) is 0 Å². The van der Waals surface area contributed by atoms with E-state index in [1.807, 2.05) is 6.07 Å². The van der Waals surface area contributed by atoms with Gasteiger partial charge in [0.15, 0.2) is 5.78 Å². The zero-order valence-corrected chi connectivity index (χ0v) is 14.7. The highest BCUT2D eigenvalue weighted by molar-refractivity contribution is 8.04. The number of halogens is 3. The highest BCUT2D eigenvalue weighted by Crippen LogP contribution is 2.47. The van der Waals surface area contributed by atoms with Crippen LogP contribution in [0, 0.1) is 5.82 Å². The van der Waals surface area contributed by atoms with Gasteiger partial charge in [0, 0.05) is 27.1 Å². The van der Waals surface area contributed by atoms with Crippen molar-refractivity contribution in [1.29, 1.82) is 0 Å². The zero-order chi connectivity index (χ0) is 16.8. The van der Waals surface area contributed by atoms with Gasteiger partial charge in [-0.15, -0.1) is 0 Å². The van der Waals surface area contributed by atoms with Crippen molar-refractivity contribution in [2.75, 3.05) is 5.32 Å². The van der Waals surface area contributed by atoms with Crippen LogP contribution in [0.5, 0.6) is 0 Å². The number of carbonyl (C=O) groups is 1. The highest BCUT2D eigenvalue weighted by Gasteiger charge is 2.33. The monoisotopic (exact) mass is 379 g/mol. The Balaban J connectivity index is 1.67. The lowest BCUT2D eigenvalue weighted by atomic mass is 9.85. The number of carbonyl (C=O) groups excluding carboxylic acids is 1. The van der Waals surface area contributed by atoms with Crippen LogP contribution in [-0.2, 0) is 4.79 Å². The number of ketones is 1. The largest absolute Gasteiger partial charge is 0.357 e. The molecule has 2 nitrogen and oxygen atoms in total. The number of hydrogen-bond donors (Lipinski definition) is 1. The SMILES string of the molecule is O=C1CC(c2ccc(Cl)cc2Cl)CC2=C1Sc1cc(F)ccc1N2. The first-order valence-corrected chi connectivity index (χ1v) is 9.04. The number of nitrogens with one attached hydrogen (secondary N) is 1. The van der Waals surface area contributed by atoms with E-state index in [-0.39, 0.29) is 17.5 Å². The number of hydrogen-bond acceptors (Lipinski definition) is 3. The molecule has 0 amide bonds. The molecule has 2 aliphatic rings. The lowest BCUT2D eigenvalue weighted by molar-refractivity contribution is -0.115. The molecule has 1 N–H and O–H groups in total. The Morgan fingerprint density at radius 3 is 2.75 bits per heavy atom. The Bertz CT molecular complexity index is 897. The summed E-state index contributed by atoms with van der Waals surface area (Å²) in [7, 11) is 0. The number of Topliss-reactive ketones (excluding diaryl/α,β-unsaturated/α-hetero) is 1. The summed E-state index contributed by atoms with van der Waals surface area (Å²) in [5, 5.41) is 4.45. The minimum atomic E-state index is -0.304. The van der Waals surface area contributed by atoms with Crippen molar-refractivity contribution >= 4 is 46.4 Å². The molecule has 1 aliphatic carbocycles. The number of benzene rings is 2. The van der Waals surface area contributed by atoms with Gasteiger partial charge in [-0.25, -0.2) is 4.39 Å². The first-order valence-electron chi connectivity index (χ1n) is 7.47. The van der Waals surface area contributed by atoms with Gasteiger partial charge in [-0.3, -0.25) is 4.79 Å². The second-order valence-electron chi connectivity index (χ2n) is 5.87. The average Bonchev–Trinajstić information content (AvgIpc) is 2.53. The van der Waals surface area contributed by atoms with Crippen LogP contribution in [0.3, 0.4) is 0 Å². The molecule has 2 aromatic carbocycles. The lowest BCUT2D eigenvalue weighted by Gasteiger charge is -2.31. The van der Waals surface area contributed by atoms with Crippen molar-refractivity contribution in [2.45, 2.75) is 23.7 Å². The molecule has 1 heterocycles. The van der Waals surface area contributed by atoms with Crippen LogP contribution in [-0.4, -0.2) is 5.78 Å². The summed E-state index contributed by atoms with van der Waals surface area (Å²) in [5.41, 5.74) is 2.64. The maximum atomic E-state index is 13.4. The van der Waals surface area contributed by atoms with Crippen LogP contribution in [0.4, 0.5) is 10.1 Å². The van der Waals surface area contributed by atoms with Gasteiger partial charge < -0.3 is 5.32 Å². The van der Waals surface area contributed by atoms with Crippen LogP contribution in [0.15, 0.2) is 51.9 Å². The molecule has 0 saturated carbocycles. The number of allylic oxidation sites excluding steroid dienone is 2. The molecule has 1 unspecified atom stereocenters. The van der Waals surface area contributed by atoms with Gasteiger partial charge >= 0.3 is 0 Å². The highest BCUT2D eigenvalue weighted by atomic mass is 35.5. The van der Waals surface area contributed by atoms with E-state index in [4.69, 9.17) is 23.2 Å². The number of rotatable bonds is 1. The van der Waals surface area contributed by atoms with E-state index < -0.39 is 0 Å². The third kappa shape index (κ3) is 2.83. The van der Waals surface area contributed by atoms with Gasteiger partial charge in [-0.05, 0) is 48.2 Å². The molecule has 6 heteroatoms. The normalized spacial score (nSPS) is 19.6. The third-order valence-electron chi connectivity index (χ3n) is 4.25. The van der Waals surface area contributed by atoms with Crippen molar-refractivity contribution in [3.05, 3.63) is 68.4 Å². The molecule has 0 fully saturated rings. The first kappa shape index (κ1) is 16.0. The van der Waals surface area contributed by atoms with Crippen LogP contribution in [0.1, 0.15) is 24.3 Å². The maximum absolute atomic E-state index is 13.4. The number of fused-ring (bicyclic) bond motifs is 1. The first-order chi connectivity index (χ1) is 11.5. The predicted molar refractivity (Wildman–Crippen MR) is 96.3 cm³/mol. The molecule has 4 rings (SSSR count). The van der Waals surface area contributed by atoms with Gasteiger partial charge in [-0.1, -0.05) is 41.0 Å². The molecule has 0 spiro atoms. The predicted octanol–water partition coefficient (Wildman–Crippen LogP) is 6.01.